The van der Waals surface area contributed by atoms with Crippen LogP contribution in [0.1, 0.15) is 24.8 Å². The van der Waals surface area contributed by atoms with Crippen LogP contribution in [0.4, 0.5) is 0 Å². The van der Waals surface area contributed by atoms with Gasteiger partial charge in [0.25, 0.3) is 0 Å². The number of rotatable bonds is 7. The van der Waals surface area contributed by atoms with Crippen molar-refractivity contribution in [3.8, 4) is 5.75 Å². The molecule has 142 valence electrons. The molecule has 0 spiro atoms. The molecular weight excluding hydrogens is 429 g/mol. The summed E-state index contributed by atoms with van der Waals surface area (Å²) < 4.78 is 11.2. The Labute approximate surface area is 169 Å². The second kappa shape index (κ2) is 12.4. The van der Waals surface area contributed by atoms with Crippen molar-refractivity contribution in [2.24, 2.45) is 10.9 Å². The molecular formula is C19H32IN3O2. The molecule has 2 rings (SSSR count). The van der Waals surface area contributed by atoms with Crippen LogP contribution >= 0.6 is 24.0 Å². The highest BCUT2D eigenvalue weighted by molar-refractivity contribution is 14.0. The summed E-state index contributed by atoms with van der Waals surface area (Å²) in [5.41, 5.74) is 1.24. The first kappa shape index (κ1) is 22.0. The van der Waals surface area contributed by atoms with E-state index in [0.29, 0.717) is 6.61 Å². The molecule has 1 aliphatic rings. The van der Waals surface area contributed by atoms with Gasteiger partial charge in [0.1, 0.15) is 12.4 Å². The molecule has 1 N–H and O–H groups in total. The van der Waals surface area contributed by atoms with Gasteiger partial charge < -0.3 is 19.7 Å². The number of nitrogens with one attached hydrogen (secondary N) is 1. The fourth-order valence-corrected chi connectivity index (χ4v) is 2.87. The molecule has 1 aliphatic heterocycles. The average Bonchev–Trinajstić information content (AvgIpc) is 2.62. The lowest BCUT2D eigenvalue weighted by Crippen LogP contribution is -2.41. The molecule has 0 saturated carbocycles. The first-order valence-electron chi connectivity index (χ1n) is 8.88. The molecule has 6 heteroatoms. The topological polar surface area (TPSA) is 46.1 Å². The van der Waals surface area contributed by atoms with Gasteiger partial charge in [-0.2, -0.15) is 0 Å². The highest BCUT2D eigenvalue weighted by Gasteiger charge is 2.15. The largest absolute Gasteiger partial charge is 0.492 e. The van der Waals surface area contributed by atoms with E-state index in [4.69, 9.17) is 9.47 Å². The van der Waals surface area contributed by atoms with E-state index in [1.165, 1.54) is 24.8 Å². The van der Waals surface area contributed by atoms with Crippen LogP contribution in [0, 0.1) is 12.8 Å². The van der Waals surface area contributed by atoms with Crippen molar-refractivity contribution in [1.29, 1.82) is 0 Å². The minimum atomic E-state index is 0. The molecule has 1 aromatic rings. The Kier molecular flexibility index (Phi) is 10.9. The van der Waals surface area contributed by atoms with E-state index in [1.807, 2.05) is 19.2 Å². The average molecular weight is 461 g/mol. The highest BCUT2D eigenvalue weighted by atomic mass is 127. The lowest BCUT2D eigenvalue weighted by Gasteiger charge is -2.26. The summed E-state index contributed by atoms with van der Waals surface area (Å²) in [7, 11) is 3.92. The molecule has 5 nitrogen and oxygen atoms in total. The van der Waals surface area contributed by atoms with Crippen molar-refractivity contribution in [2.45, 2.75) is 26.2 Å². The number of aliphatic imine (C=N–C) groups is 1. The number of ether oxygens (including phenoxy) is 2. The Morgan fingerprint density at radius 1 is 1.28 bits per heavy atom. The van der Waals surface area contributed by atoms with Gasteiger partial charge in [0, 0.05) is 33.9 Å². The van der Waals surface area contributed by atoms with Gasteiger partial charge in [-0.05, 0) is 44.2 Å². The van der Waals surface area contributed by atoms with Gasteiger partial charge in [0.2, 0.25) is 0 Å². The molecule has 0 atom stereocenters. The van der Waals surface area contributed by atoms with Crippen LogP contribution in [-0.4, -0.2) is 57.9 Å². The van der Waals surface area contributed by atoms with Gasteiger partial charge in [-0.3, -0.25) is 4.99 Å². The van der Waals surface area contributed by atoms with Crippen molar-refractivity contribution >= 4 is 29.9 Å². The fraction of sp³-hybridized carbons (Fsp3) is 0.632. The molecule has 0 radical (unpaired) electrons. The molecule has 1 heterocycles. The summed E-state index contributed by atoms with van der Waals surface area (Å²) in [6, 6.07) is 8.13. The van der Waals surface area contributed by atoms with Crippen LogP contribution in [0.5, 0.6) is 5.75 Å². The fourth-order valence-electron chi connectivity index (χ4n) is 2.87. The van der Waals surface area contributed by atoms with Crippen LogP contribution in [0.2, 0.25) is 0 Å². The molecule has 0 aromatic heterocycles. The summed E-state index contributed by atoms with van der Waals surface area (Å²) in [5, 5.41) is 3.36. The molecule has 25 heavy (non-hydrogen) atoms. The minimum Gasteiger partial charge on any atom is -0.492 e. The van der Waals surface area contributed by atoms with Crippen molar-refractivity contribution in [3.63, 3.8) is 0 Å². The van der Waals surface area contributed by atoms with E-state index < -0.39 is 0 Å². The summed E-state index contributed by atoms with van der Waals surface area (Å²) in [5.74, 6) is 2.61. The molecule has 0 amide bonds. The smallest absolute Gasteiger partial charge is 0.193 e. The van der Waals surface area contributed by atoms with Gasteiger partial charge in [-0.25, -0.2) is 0 Å². The number of halogens is 1. The van der Waals surface area contributed by atoms with Crippen molar-refractivity contribution < 1.29 is 9.47 Å². The van der Waals surface area contributed by atoms with E-state index in [2.05, 4.69) is 41.3 Å². The Bertz CT molecular complexity index is 502. The summed E-state index contributed by atoms with van der Waals surface area (Å²) in [6.07, 6.45) is 3.56. The second-order valence-electron chi connectivity index (χ2n) is 6.40. The van der Waals surface area contributed by atoms with Gasteiger partial charge in [-0.1, -0.05) is 17.7 Å². The number of nitrogens with zero attached hydrogens (tertiary/aromatic N) is 2. The standard InChI is InChI=1S/C19H31N3O2.HI/c1-16-4-6-18(7-5-16)24-15-11-21-19(20-2)22(3)12-8-17-9-13-23-14-10-17;/h4-7,17H,8-15H2,1-3H3,(H,20,21);1H. The van der Waals surface area contributed by atoms with Crippen LogP contribution in [0.3, 0.4) is 0 Å². The van der Waals surface area contributed by atoms with Crippen molar-refractivity contribution in [3.05, 3.63) is 29.8 Å². The predicted molar refractivity (Wildman–Crippen MR) is 114 cm³/mol. The monoisotopic (exact) mass is 461 g/mol. The lowest BCUT2D eigenvalue weighted by molar-refractivity contribution is 0.0625. The second-order valence-corrected chi connectivity index (χ2v) is 6.40. The van der Waals surface area contributed by atoms with Gasteiger partial charge in [0.15, 0.2) is 5.96 Å². The van der Waals surface area contributed by atoms with Gasteiger partial charge in [-0.15, -0.1) is 24.0 Å². The minimum absolute atomic E-state index is 0. The van der Waals surface area contributed by atoms with Crippen LogP contribution < -0.4 is 10.1 Å². The molecule has 0 unspecified atom stereocenters. The first-order valence-corrected chi connectivity index (χ1v) is 8.88. The maximum absolute atomic E-state index is 5.74. The van der Waals surface area contributed by atoms with Crippen molar-refractivity contribution in [1.82, 2.24) is 10.2 Å². The van der Waals surface area contributed by atoms with E-state index in [0.717, 1.165) is 43.9 Å². The quantitative estimate of drug-likeness (QED) is 0.293. The van der Waals surface area contributed by atoms with Crippen LogP contribution in [0.25, 0.3) is 0 Å². The van der Waals surface area contributed by atoms with E-state index >= 15 is 0 Å². The maximum Gasteiger partial charge on any atom is 0.193 e. The van der Waals surface area contributed by atoms with Gasteiger partial charge >= 0.3 is 0 Å². The number of aryl methyl sites for hydroxylation is 1. The van der Waals surface area contributed by atoms with E-state index in [-0.39, 0.29) is 24.0 Å². The first-order chi connectivity index (χ1) is 11.7. The number of guanidine groups is 1. The Balaban J connectivity index is 0.00000312. The zero-order valence-electron chi connectivity index (χ0n) is 15.7. The molecule has 0 bridgehead atoms. The summed E-state index contributed by atoms with van der Waals surface area (Å²) in [4.78, 5) is 6.55. The summed E-state index contributed by atoms with van der Waals surface area (Å²) in [6.45, 7) is 6.28. The summed E-state index contributed by atoms with van der Waals surface area (Å²) >= 11 is 0. The number of hydrogen-bond donors (Lipinski definition) is 1. The molecule has 1 fully saturated rings. The molecule has 0 aliphatic carbocycles. The normalized spacial score (nSPS) is 15.4. The molecule has 1 saturated heterocycles. The Hall–Kier alpha value is -1.02. The van der Waals surface area contributed by atoms with Gasteiger partial charge in [0.05, 0.1) is 6.54 Å². The van der Waals surface area contributed by atoms with E-state index in [9.17, 15) is 0 Å². The lowest BCUT2D eigenvalue weighted by atomic mass is 9.96. The number of hydrogen-bond acceptors (Lipinski definition) is 3. The van der Waals surface area contributed by atoms with E-state index in [1.54, 1.807) is 0 Å². The third kappa shape index (κ3) is 8.27. The zero-order valence-corrected chi connectivity index (χ0v) is 18.0. The zero-order chi connectivity index (χ0) is 17.2. The molecule has 1 aromatic carbocycles. The maximum atomic E-state index is 5.74. The van der Waals surface area contributed by atoms with Crippen molar-refractivity contribution in [2.75, 3.05) is 47.0 Å². The third-order valence-corrected chi connectivity index (χ3v) is 4.46. The predicted octanol–water partition coefficient (Wildman–Crippen LogP) is 3.32. The number of benzene rings is 1. The van der Waals surface area contributed by atoms with Crippen LogP contribution in [0.15, 0.2) is 29.3 Å². The Morgan fingerprint density at radius 2 is 1.96 bits per heavy atom. The third-order valence-electron chi connectivity index (χ3n) is 4.46. The Morgan fingerprint density at radius 3 is 2.60 bits per heavy atom. The van der Waals surface area contributed by atoms with Crippen LogP contribution in [-0.2, 0) is 4.74 Å². The highest BCUT2D eigenvalue weighted by Crippen LogP contribution is 2.18. The SMILES string of the molecule is CN=C(NCCOc1ccc(C)cc1)N(C)CCC1CCOCC1.I.